The van der Waals surface area contributed by atoms with Gasteiger partial charge >= 0.3 is 0 Å². The Hall–Kier alpha value is -0.0300. The summed E-state index contributed by atoms with van der Waals surface area (Å²) in [5.74, 6) is 7.39. The molecule has 2 unspecified atom stereocenters. The minimum atomic E-state index is 0.389. The standard InChI is InChI=1S/C14H23BrN2S/c1-3-4-11(2)9-13(17-16)10-18-14-7-5-12(15)6-8-14/h5-8,11,13,17H,3-4,9-10,16H2,1-2H3. The molecule has 102 valence electrons. The SMILES string of the molecule is CCCC(C)CC(CSc1ccc(Br)cc1)NN. The van der Waals surface area contributed by atoms with Crippen LogP contribution in [0.2, 0.25) is 0 Å². The van der Waals surface area contributed by atoms with Crippen LogP contribution in [-0.2, 0) is 0 Å². The van der Waals surface area contributed by atoms with Crippen molar-refractivity contribution in [3.63, 3.8) is 0 Å². The first-order valence-electron chi connectivity index (χ1n) is 6.50. The Morgan fingerprint density at radius 2 is 2.00 bits per heavy atom. The third kappa shape index (κ3) is 6.23. The predicted molar refractivity (Wildman–Crippen MR) is 84.7 cm³/mol. The molecule has 0 amide bonds. The first kappa shape index (κ1) is 16.0. The highest BCUT2D eigenvalue weighted by Crippen LogP contribution is 2.23. The molecule has 0 aliphatic heterocycles. The van der Waals surface area contributed by atoms with Gasteiger partial charge in [-0.2, -0.15) is 0 Å². The van der Waals surface area contributed by atoms with Crippen LogP contribution < -0.4 is 11.3 Å². The molecule has 18 heavy (non-hydrogen) atoms. The summed E-state index contributed by atoms with van der Waals surface area (Å²) in [6.07, 6.45) is 3.67. The van der Waals surface area contributed by atoms with Gasteiger partial charge in [-0.3, -0.25) is 11.3 Å². The molecule has 0 fully saturated rings. The van der Waals surface area contributed by atoms with Gasteiger partial charge < -0.3 is 0 Å². The smallest absolute Gasteiger partial charge is 0.0307 e. The van der Waals surface area contributed by atoms with E-state index in [2.05, 4.69) is 59.5 Å². The van der Waals surface area contributed by atoms with Gasteiger partial charge in [0.25, 0.3) is 0 Å². The second-order valence-corrected chi connectivity index (χ2v) is 6.77. The van der Waals surface area contributed by atoms with Crippen molar-refractivity contribution in [1.29, 1.82) is 0 Å². The third-order valence-corrected chi connectivity index (χ3v) is 4.67. The van der Waals surface area contributed by atoms with Crippen LogP contribution >= 0.6 is 27.7 Å². The first-order chi connectivity index (χ1) is 8.65. The fraction of sp³-hybridized carbons (Fsp3) is 0.571. The number of benzene rings is 1. The van der Waals surface area contributed by atoms with Gasteiger partial charge in [0, 0.05) is 21.2 Å². The minimum Gasteiger partial charge on any atom is -0.271 e. The summed E-state index contributed by atoms with van der Waals surface area (Å²) >= 11 is 5.31. The van der Waals surface area contributed by atoms with Crippen molar-refractivity contribution in [2.75, 3.05) is 5.75 Å². The van der Waals surface area contributed by atoms with E-state index in [-0.39, 0.29) is 0 Å². The van der Waals surface area contributed by atoms with Crippen molar-refractivity contribution in [1.82, 2.24) is 5.43 Å². The van der Waals surface area contributed by atoms with Gasteiger partial charge in [-0.25, -0.2) is 0 Å². The highest BCUT2D eigenvalue weighted by Gasteiger charge is 2.11. The van der Waals surface area contributed by atoms with Crippen LogP contribution in [0, 0.1) is 5.92 Å². The lowest BCUT2D eigenvalue weighted by Crippen LogP contribution is -2.38. The lowest BCUT2D eigenvalue weighted by atomic mass is 9.98. The van der Waals surface area contributed by atoms with Gasteiger partial charge in [0.15, 0.2) is 0 Å². The van der Waals surface area contributed by atoms with E-state index in [9.17, 15) is 0 Å². The zero-order chi connectivity index (χ0) is 13.4. The third-order valence-electron chi connectivity index (χ3n) is 2.97. The van der Waals surface area contributed by atoms with Gasteiger partial charge in [-0.15, -0.1) is 11.8 Å². The largest absolute Gasteiger partial charge is 0.271 e. The molecular weight excluding hydrogens is 308 g/mol. The van der Waals surface area contributed by atoms with Crippen LogP contribution in [0.3, 0.4) is 0 Å². The zero-order valence-corrected chi connectivity index (χ0v) is 13.6. The molecule has 0 aromatic heterocycles. The maximum atomic E-state index is 5.63. The molecule has 1 rings (SSSR count). The average Bonchev–Trinajstić information content (AvgIpc) is 2.36. The highest BCUT2D eigenvalue weighted by molar-refractivity contribution is 9.10. The van der Waals surface area contributed by atoms with Crippen molar-refractivity contribution < 1.29 is 0 Å². The number of hydrogen-bond donors (Lipinski definition) is 2. The molecule has 0 radical (unpaired) electrons. The second kappa shape index (κ2) is 8.97. The second-order valence-electron chi connectivity index (χ2n) is 4.76. The van der Waals surface area contributed by atoms with Gasteiger partial charge in [0.1, 0.15) is 0 Å². The molecule has 2 atom stereocenters. The van der Waals surface area contributed by atoms with E-state index >= 15 is 0 Å². The number of nitrogens with one attached hydrogen (secondary N) is 1. The van der Waals surface area contributed by atoms with Gasteiger partial charge in [0.05, 0.1) is 0 Å². The molecule has 0 heterocycles. The van der Waals surface area contributed by atoms with Gasteiger partial charge in [0.2, 0.25) is 0 Å². The number of hydrazine groups is 1. The molecule has 0 aliphatic carbocycles. The molecule has 1 aromatic rings. The van der Waals surface area contributed by atoms with Crippen LogP contribution in [0.1, 0.15) is 33.1 Å². The van der Waals surface area contributed by atoms with Crippen LogP contribution in [0.25, 0.3) is 0 Å². The average molecular weight is 331 g/mol. The van der Waals surface area contributed by atoms with Crippen molar-refractivity contribution in [2.45, 2.75) is 44.0 Å². The quantitative estimate of drug-likeness (QED) is 0.426. The number of halogens is 1. The lowest BCUT2D eigenvalue weighted by Gasteiger charge is -2.19. The van der Waals surface area contributed by atoms with Crippen LogP contribution in [0.5, 0.6) is 0 Å². The number of thioether (sulfide) groups is 1. The molecule has 0 spiro atoms. The summed E-state index contributed by atoms with van der Waals surface area (Å²) in [5, 5.41) is 0. The van der Waals surface area contributed by atoms with Crippen molar-refractivity contribution in [3.8, 4) is 0 Å². The van der Waals surface area contributed by atoms with Gasteiger partial charge in [-0.1, -0.05) is 42.6 Å². The molecule has 0 saturated heterocycles. The maximum Gasteiger partial charge on any atom is 0.0307 e. The van der Waals surface area contributed by atoms with Crippen LogP contribution in [0.15, 0.2) is 33.6 Å². The highest BCUT2D eigenvalue weighted by atomic mass is 79.9. The summed E-state index contributed by atoms with van der Waals surface area (Å²) in [6, 6.07) is 8.82. The monoisotopic (exact) mass is 330 g/mol. The van der Waals surface area contributed by atoms with Gasteiger partial charge in [-0.05, 0) is 36.6 Å². The first-order valence-corrected chi connectivity index (χ1v) is 8.28. The Bertz CT molecular complexity index is 329. The Morgan fingerprint density at radius 1 is 1.33 bits per heavy atom. The van der Waals surface area contributed by atoms with Crippen LogP contribution in [0.4, 0.5) is 0 Å². The Morgan fingerprint density at radius 3 is 2.56 bits per heavy atom. The Kier molecular flexibility index (Phi) is 7.98. The Balaban J connectivity index is 2.37. The van der Waals surface area contributed by atoms with Crippen LogP contribution in [-0.4, -0.2) is 11.8 Å². The van der Waals surface area contributed by atoms with E-state index in [1.54, 1.807) is 0 Å². The molecule has 0 aliphatic rings. The number of rotatable bonds is 8. The van der Waals surface area contributed by atoms with E-state index in [1.165, 1.54) is 17.7 Å². The van der Waals surface area contributed by atoms with E-state index < -0.39 is 0 Å². The Labute approximate surface area is 123 Å². The fourth-order valence-corrected chi connectivity index (χ4v) is 3.23. The van der Waals surface area contributed by atoms with Crippen molar-refractivity contribution >= 4 is 27.7 Å². The summed E-state index contributed by atoms with van der Waals surface area (Å²) < 4.78 is 1.12. The molecule has 0 saturated carbocycles. The van der Waals surface area contributed by atoms with Crippen molar-refractivity contribution in [2.24, 2.45) is 11.8 Å². The zero-order valence-electron chi connectivity index (χ0n) is 11.2. The number of hydrogen-bond acceptors (Lipinski definition) is 3. The predicted octanol–water partition coefficient (Wildman–Crippen LogP) is 4.20. The number of nitrogens with two attached hydrogens (primary N) is 1. The summed E-state index contributed by atoms with van der Waals surface area (Å²) in [6.45, 7) is 4.54. The minimum absolute atomic E-state index is 0.389. The molecule has 4 heteroatoms. The topological polar surface area (TPSA) is 38.0 Å². The molecule has 1 aromatic carbocycles. The molecule has 3 N–H and O–H groups in total. The lowest BCUT2D eigenvalue weighted by molar-refractivity contribution is 0.408. The van der Waals surface area contributed by atoms with E-state index in [0.29, 0.717) is 6.04 Å². The van der Waals surface area contributed by atoms with E-state index in [0.717, 1.165) is 22.6 Å². The normalized spacial score (nSPS) is 14.4. The van der Waals surface area contributed by atoms with E-state index in [1.807, 2.05) is 11.8 Å². The summed E-state index contributed by atoms with van der Waals surface area (Å²) in [7, 11) is 0. The van der Waals surface area contributed by atoms with E-state index in [4.69, 9.17) is 5.84 Å². The van der Waals surface area contributed by atoms with Crippen molar-refractivity contribution in [3.05, 3.63) is 28.7 Å². The molecule has 2 nitrogen and oxygen atoms in total. The summed E-state index contributed by atoms with van der Waals surface area (Å²) in [4.78, 5) is 1.29. The maximum absolute atomic E-state index is 5.63. The molecular formula is C14H23BrN2S. The fourth-order valence-electron chi connectivity index (χ4n) is 2.01. The summed E-state index contributed by atoms with van der Waals surface area (Å²) in [5.41, 5.74) is 2.94. The molecule has 0 bridgehead atoms.